The fourth-order valence-corrected chi connectivity index (χ4v) is 2.70. The molecule has 1 rings (SSSR count). The number of methoxy groups -OCH3 is 3. The highest BCUT2D eigenvalue weighted by molar-refractivity contribution is 5.91. The van der Waals surface area contributed by atoms with Crippen LogP contribution in [-0.2, 0) is 44.7 Å². The SMILES string of the molecule is COC(=O)C[C@H](C(=O)OC)[C@@H](NC(=O)C[C@H](O)CNC(=O)OCc1ccccc1)C(=O)OC. The van der Waals surface area contributed by atoms with E-state index in [-0.39, 0.29) is 13.2 Å². The second kappa shape index (κ2) is 14.4. The van der Waals surface area contributed by atoms with Gasteiger partial charge in [-0.3, -0.25) is 14.4 Å². The summed E-state index contributed by atoms with van der Waals surface area (Å²) in [5.41, 5.74) is 0.772. The zero-order valence-electron chi connectivity index (χ0n) is 18.6. The predicted molar refractivity (Wildman–Crippen MR) is 111 cm³/mol. The number of hydrogen-bond acceptors (Lipinski definition) is 10. The van der Waals surface area contributed by atoms with E-state index in [0.717, 1.165) is 26.9 Å². The smallest absolute Gasteiger partial charge is 0.407 e. The summed E-state index contributed by atoms with van der Waals surface area (Å²) < 4.78 is 18.7. The van der Waals surface area contributed by atoms with Gasteiger partial charge in [0.2, 0.25) is 5.91 Å². The van der Waals surface area contributed by atoms with Crippen LogP contribution in [0, 0.1) is 5.92 Å². The summed E-state index contributed by atoms with van der Waals surface area (Å²) >= 11 is 0. The van der Waals surface area contributed by atoms with Crippen molar-refractivity contribution in [2.75, 3.05) is 27.9 Å². The first-order chi connectivity index (χ1) is 15.7. The van der Waals surface area contributed by atoms with Crippen molar-refractivity contribution in [2.24, 2.45) is 5.92 Å². The minimum atomic E-state index is -1.56. The number of hydrogen-bond donors (Lipinski definition) is 3. The van der Waals surface area contributed by atoms with Crippen LogP contribution in [0.25, 0.3) is 0 Å². The Bertz CT molecular complexity index is 815. The molecule has 0 spiro atoms. The van der Waals surface area contributed by atoms with E-state index >= 15 is 0 Å². The molecule has 2 amide bonds. The highest BCUT2D eigenvalue weighted by Gasteiger charge is 2.38. The molecule has 3 N–H and O–H groups in total. The van der Waals surface area contributed by atoms with E-state index in [4.69, 9.17) is 4.74 Å². The summed E-state index contributed by atoms with van der Waals surface area (Å²) in [5, 5.41) is 14.6. The maximum atomic E-state index is 12.3. The molecule has 0 radical (unpaired) electrons. The first-order valence-corrected chi connectivity index (χ1v) is 9.86. The van der Waals surface area contributed by atoms with E-state index in [9.17, 15) is 29.1 Å². The molecule has 12 heteroatoms. The Morgan fingerprint density at radius 2 is 1.55 bits per heavy atom. The van der Waals surface area contributed by atoms with Crippen LogP contribution in [-0.4, -0.2) is 75.0 Å². The summed E-state index contributed by atoms with van der Waals surface area (Å²) in [6.45, 7) is -0.286. The number of ether oxygens (including phenoxy) is 4. The predicted octanol–water partition coefficient (Wildman–Crippen LogP) is -0.326. The molecule has 182 valence electrons. The van der Waals surface area contributed by atoms with Crippen molar-refractivity contribution in [2.45, 2.75) is 31.6 Å². The van der Waals surface area contributed by atoms with Crippen molar-refractivity contribution in [3.05, 3.63) is 35.9 Å². The van der Waals surface area contributed by atoms with Crippen molar-refractivity contribution >= 4 is 29.9 Å². The van der Waals surface area contributed by atoms with Gasteiger partial charge in [-0.2, -0.15) is 0 Å². The first-order valence-electron chi connectivity index (χ1n) is 9.86. The molecule has 0 saturated heterocycles. The molecule has 0 heterocycles. The van der Waals surface area contributed by atoms with E-state index in [2.05, 4.69) is 24.8 Å². The van der Waals surface area contributed by atoms with Crippen LogP contribution in [0.4, 0.5) is 4.79 Å². The van der Waals surface area contributed by atoms with Gasteiger partial charge < -0.3 is 34.7 Å². The largest absolute Gasteiger partial charge is 0.469 e. The van der Waals surface area contributed by atoms with Crippen molar-refractivity contribution < 1.29 is 48.0 Å². The van der Waals surface area contributed by atoms with Crippen LogP contribution < -0.4 is 10.6 Å². The van der Waals surface area contributed by atoms with Crippen molar-refractivity contribution in [3.63, 3.8) is 0 Å². The molecule has 0 saturated carbocycles. The van der Waals surface area contributed by atoms with Gasteiger partial charge in [0.15, 0.2) is 0 Å². The molecule has 1 aromatic rings. The molecular formula is C21H28N2O10. The van der Waals surface area contributed by atoms with Crippen molar-refractivity contribution in [3.8, 4) is 0 Å². The Labute approximate surface area is 190 Å². The highest BCUT2D eigenvalue weighted by atomic mass is 16.6. The Balaban J connectivity index is 2.62. The first kappa shape index (κ1) is 27.4. The second-order valence-corrected chi connectivity index (χ2v) is 6.78. The normalized spacial score (nSPS) is 13.0. The number of nitrogens with one attached hydrogen (secondary N) is 2. The monoisotopic (exact) mass is 468 g/mol. The quantitative estimate of drug-likeness (QED) is 0.273. The Morgan fingerprint density at radius 1 is 0.909 bits per heavy atom. The fraction of sp³-hybridized carbons (Fsp3) is 0.476. The van der Waals surface area contributed by atoms with Crippen LogP contribution >= 0.6 is 0 Å². The topological polar surface area (TPSA) is 167 Å². The average molecular weight is 468 g/mol. The molecule has 0 aliphatic rings. The fourth-order valence-electron chi connectivity index (χ4n) is 2.70. The maximum absolute atomic E-state index is 12.3. The van der Waals surface area contributed by atoms with E-state index in [0.29, 0.717) is 0 Å². The van der Waals surface area contributed by atoms with Gasteiger partial charge in [-0.25, -0.2) is 9.59 Å². The summed E-state index contributed by atoms with van der Waals surface area (Å²) in [4.78, 5) is 59.9. The number of alkyl carbamates (subject to hydrolysis) is 1. The summed E-state index contributed by atoms with van der Waals surface area (Å²) in [6.07, 6.45) is -3.21. The van der Waals surface area contributed by atoms with Crippen molar-refractivity contribution in [1.29, 1.82) is 0 Å². The Kier molecular flexibility index (Phi) is 11.9. The van der Waals surface area contributed by atoms with Crippen LogP contribution in [0.3, 0.4) is 0 Å². The molecular weight excluding hydrogens is 440 g/mol. The van der Waals surface area contributed by atoms with E-state index in [1.54, 1.807) is 24.3 Å². The number of carbonyl (C=O) groups excluding carboxylic acids is 5. The number of esters is 3. The minimum Gasteiger partial charge on any atom is -0.469 e. The van der Waals surface area contributed by atoms with Crippen LogP contribution in [0.2, 0.25) is 0 Å². The zero-order chi connectivity index (χ0) is 24.8. The number of aliphatic hydroxyl groups is 1. The van der Waals surface area contributed by atoms with Crippen LogP contribution in [0.1, 0.15) is 18.4 Å². The van der Waals surface area contributed by atoms with Gasteiger partial charge in [0, 0.05) is 6.54 Å². The molecule has 0 aliphatic carbocycles. The third-order valence-electron chi connectivity index (χ3n) is 4.41. The number of carbonyl (C=O) groups is 5. The van der Waals surface area contributed by atoms with Gasteiger partial charge >= 0.3 is 24.0 Å². The zero-order valence-corrected chi connectivity index (χ0v) is 18.6. The third kappa shape index (κ3) is 9.99. The third-order valence-corrected chi connectivity index (χ3v) is 4.41. The highest BCUT2D eigenvalue weighted by Crippen LogP contribution is 2.15. The van der Waals surface area contributed by atoms with Crippen LogP contribution in [0.5, 0.6) is 0 Å². The molecule has 0 aliphatic heterocycles. The molecule has 0 bridgehead atoms. The number of amides is 2. The second-order valence-electron chi connectivity index (χ2n) is 6.78. The van der Waals surface area contributed by atoms with Crippen LogP contribution in [0.15, 0.2) is 30.3 Å². The lowest BCUT2D eigenvalue weighted by molar-refractivity contribution is -0.159. The Hall–Kier alpha value is -3.67. The maximum Gasteiger partial charge on any atom is 0.407 e. The lowest BCUT2D eigenvalue weighted by Crippen LogP contribution is -2.51. The molecule has 0 fully saturated rings. The average Bonchev–Trinajstić information content (AvgIpc) is 2.82. The summed E-state index contributed by atoms with van der Waals surface area (Å²) in [7, 11) is 3.18. The molecule has 12 nitrogen and oxygen atoms in total. The Morgan fingerprint density at radius 3 is 2.12 bits per heavy atom. The van der Waals surface area contributed by atoms with Gasteiger partial charge in [0.25, 0.3) is 0 Å². The number of benzene rings is 1. The number of rotatable bonds is 12. The van der Waals surface area contributed by atoms with Gasteiger partial charge in [0.1, 0.15) is 12.6 Å². The van der Waals surface area contributed by atoms with Gasteiger partial charge in [-0.1, -0.05) is 30.3 Å². The van der Waals surface area contributed by atoms with Crippen molar-refractivity contribution in [1.82, 2.24) is 10.6 Å². The van der Waals surface area contributed by atoms with E-state index < -0.39 is 60.8 Å². The van der Waals surface area contributed by atoms with Gasteiger partial charge in [-0.05, 0) is 5.56 Å². The van der Waals surface area contributed by atoms with E-state index in [1.165, 1.54) is 0 Å². The standard InChI is InChI=1S/C21H28N2O10/c1-30-17(26)10-15(19(27)31-2)18(20(28)32-3)23-16(25)9-14(24)11-22-21(29)33-12-13-7-5-4-6-8-13/h4-8,14-15,18,24H,9-12H2,1-3H3,(H,22,29)(H,23,25)/t14-,15-,18+/m0/s1. The minimum absolute atomic E-state index is 0.0270. The van der Waals surface area contributed by atoms with Gasteiger partial charge in [0.05, 0.1) is 46.2 Å². The van der Waals surface area contributed by atoms with Gasteiger partial charge in [-0.15, -0.1) is 0 Å². The molecule has 1 aromatic carbocycles. The molecule has 0 unspecified atom stereocenters. The van der Waals surface area contributed by atoms with E-state index in [1.807, 2.05) is 6.07 Å². The summed E-state index contributed by atoms with van der Waals surface area (Å²) in [5.74, 6) is -5.01. The lowest BCUT2D eigenvalue weighted by Gasteiger charge is -2.24. The lowest BCUT2D eigenvalue weighted by atomic mass is 9.95. The number of aliphatic hydroxyl groups excluding tert-OH is 1. The molecule has 3 atom stereocenters. The summed E-state index contributed by atoms with van der Waals surface area (Å²) in [6, 6.07) is 7.37. The molecule has 0 aromatic heterocycles. The molecule has 33 heavy (non-hydrogen) atoms.